The number of nitrogens with one attached hydrogen (secondary N) is 1. The lowest BCUT2D eigenvalue weighted by Crippen LogP contribution is -2.53. The Hall–Kier alpha value is -0.680. The van der Waals surface area contributed by atoms with Crippen LogP contribution in [0.3, 0.4) is 0 Å². The van der Waals surface area contributed by atoms with Crippen molar-refractivity contribution in [3.8, 4) is 0 Å². The fraction of sp³-hybridized carbons (Fsp3) is 0.867. The fourth-order valence-electron chi connectivity index (χ4n) is 3.54. The van der Waals surface area contributed by atoms with Gasteiger partial charge in [0.2, 0.25) is 5.91 Å². The molecule has 0 bridgehead atoms. The van der Waals surface area contributed by atoms with Crippen LogP contribution in [-0.4, -0.2) is 40.5 Å². The van der Waals surface area contributed by atoms with Gasteiger partial charge in [-0.3, -0.25) is 9.69 Å². The molecule has 0 aromatic heterocycles. The molecule has 2 fully saturated rings. The smallest absolute Gasteiger partial charge is 0.237 e. The second kappa shape index (κ2) is 7.36. The highest BCUT2D eigenvalue weighted by molar-refractivity contribution is 7.80. The fourth-order valence-corrected chi connectivity index (χ4v) is 3.69. The van der Waals surface area contributed by atoms with Crippen molar-refractivity contribution < 1.29 is 4.79 Å². The minimum Gasteiger partial charge on any atom is -0.392 e. The van der Waals surface area contributed by atoms with Crippen molar-refractivity contribution in [1.82, 2.24) is 10.2 Å². The second-order valence-corrected chi connectivity index (χ2v) is 6.77. The number of hydrogen-bond donors (Lipinski definition) is 2. The van der Waals surface area contributed by atoms with Gasteiger partial charge < -0.3 is 11.1 Å². The van der Waals surface area contributed by atoms with E-state index in [1.165, 1.54) is 25.7 Å². The monoisotopic (exact) mass is 297 g/mol. The second-order valence-electron chi connectivity index (χ2n) is 6.24. The maximum atomic E-state index is 12.4. The highest BCUT2D eigenvalue weighted by Gasteiger charge is 2.31. The molecule has 2 aliphatic carbocycles. The Bertz CT molecular complexity index is 349. The Kier molecular flexibility index (Phi) is 5.78. The number of amides is 1. The third-order valence-electron chi connectivity index (χ3n) is 4.71. The molecule has 4 nitrogen and oxygen atoms in total. The highest BCUT2D eigenvalue weighted by Crippen LogP contribution is 2.25. The van der Waals surface area contributed by atoms with E-state index in [-0.39, 0.29) is 11.9 Å². The first-order valence-electron chi connectivity index (χ1n) is 7.92. The van der Waals surface area contributed by atoms with E-state index in [9.17, 15) is 4.79 Å². The van der Waals surface area contributed by atoms with Crippen LogP contribution in [0.5, 0.6) is 0 Å². The van der Waals surface area contributed by atoms with E-state index in [4.69, 9.17) is 18.0 Å². The summed E-state index contributed by atoms with van der Waals surface area (Å²) in [6, 6.07) is 0.696. The van der Waals surface area contributed by atoms with Crippen molar-refractivity contribution in [3.63, 3.8) is 0 Å². The van der Waals surface area contributed by atoms with Crippen molar-refractivity contribution in [2.24, 2.45) is 5.73 Å². The van der Waals surface area contributed by atoms with Crippen molar-refractivity contribution >= 4 is 23.1 Å². The van der Waals surface area contributed by atoms with Gasteiger partial charge in [-0.25, -0.2) is 0 Å². The molecular weight excluding hydrogens is 270 g/mol. The minimum absolute atomic E-state index is 0.139. The zero-order chi connectivity index (χ0) is 14.5. The van der Waals surface area contributed by atoms with E-state index < -0.39 is 0 Å². The van der Waals surface area contributed by atoms with Gasteiger partial charge in [0.05, 0.1) is 11.0 Å². The molecule has 0 spiro atoms. The van der Waals surface area contributed by atoms with E-state index in [1.54, 1.807) is 0 Å². The first kappa shape index (κ1) is 15.7. The standard InChI is InChI=1S/C15H27N3OS/c1-11(15(19)17-12-6-2-3-7-12)18(10-14(16)20)13-8-4-5-9-13/h11-13H,2-10H2,1H3,(H2,16,20)(H,17,19). The average molecular weight is 297 g/mol. The van der Waals surface area contributed by atoms with Gasteiger partial charge in [-0.1, -0.05) is 37.9 Å². The van der Waals surface area contributed by atoms with Crippen LogP contribution in [-0.2, 0) is 4.79 Å². The number of nitrogens with zero attached hydrogens (tertiary/aromatic N) is 1. The van der Waals surface area contributed by atoms with E-state index in [0.717, 1.165) is 25.7 Å². The number of carbonyl (C=O) groups is 1. The molecule has 0 radical (unpaired) electrons. The largest absolute Gasteiger partial charge is 0.392 e. The summed E-state index contributed by atoms with van der Waals surface area (Å²) in [6.07, 6.45) is 9.52. The summed E-state index contributed by atoms with van der Waals surface area (Å²) in [7, 11) is 0. The number of nitrogens with two attached hydrogens (primary N) is 1. The maximum absolute atomic E-state index is 12.4. The Morgan fingerprint density at radius 2 is 1.80 bits per heavy atom. The molecule has 114 valence electrons. The lowest BCUT2D eigenvalue weighted by molar-refractivity contribution is -0.127. The summed E-state index contributed by atoms with van der Waals surface area (Å²) >= 11 is 5.06. The molecule has 1 unspecified atom stereocenters. The molecular formula is C15H27N3OS. The Morgan fingerprint density at radius 3 is 2.35 bits per heavy atom. The first-order valence-corrected chi connectivity index (χ1v) is 8.33. The molecule has 0 aromatic carbocycles. The third kappa shape index (κ3) is 4.16. The molecule has 2 rings (SSSR count). The Morgan fingerprint density at radius 1 is 1.25 bits per heavy atom. The maximum Gasteiger partial charge on any atom is 0.237 e. The van der Waals surface area contributed by atoms with Crippen molar-refractivity contribution in [2.45, 2.75) is 76.4 Å². The number of thiocarbonyl (C=S) groups is 1. The van der Waals surface area contributed by atoms with E-state index in [1.807, 2.05) is 6.92 Å². The van der Waals surface area contributed by atoms with Crippen LogP contribution in [0.2, 0.25) is 0 Å². The number of hydrogen-bond acceptors (Lipinski definition) is 3. The third-order valence-corrected chi connectivity index (χ3v) is 4.84. The Balaban J connectivity index is 1.94. The van der Waals surface area contributed by atoms with Gasteiger partial charge in [-0.05, 0) is 32.6 Å². The van der Waals surface area contributed by atoms with Gasteiger partial charge in [-0.2, -0.15) is 0 Å². The van der Waals surface area contributed by atoms with E-state index >= 15 is 0 Å². The Labute approximate surface area is 127 Å². The van der Waals surface area contributed by atoms with Crippen LogP contribution >= 0.6 is 12.2 Å². The molecule has 2 aliphatic rings. The lowest BCUT2D eigenvalue weighted by Gasteiger charge is -2.33. The zero-order valence-corrected chi connectivity index (χ0v) is 13.3. The summed E-state index contributed by atoms with van der Waals surface area (Å²) in [5.74, 6) is 0.139. The van der Waals surface area contributed by atoms with Crippen LogP contribution < -0.4 is 11.1 Å². The molecule has 1 amide bonds. The van der Waals surface area contributed by atoms with Crippen LogP contribution in [0.1, 0.15) is 58.3 Å². The van der Waals surface area contributed by atoms with Crippen molar-refractivity contribution in [1.29, 1.82) is 0 Å². The van der Waals surface area contributed by atoms with Gasteiger partial charge in [0.25, 0.3) is 0 Å². The molecule has 0 aliphatic heterocycles. The molecule has 0 heterocycles. The summed E-state index contributed by atoms with van der Waals surface area (Å²) in [4.78, 5) is 15.1. The predicted molar refractivity (Wildman–Crippen MR) is 85.6 cm³/mol. The van der Waals surface area contributed by atoms with Gasteiger partial charge in [0.1, 0.15) is 0 Å². The molecule has 20 heavy (non-hydrogen) atoms. The van der Waals surface area contributed by atoms with Gasteiger partial charge >= 0.3 is 0 Å². The zero-order valence-electron chi connectivity index (χ0n) is 12.4. The molecule has 3 N–H and O–H groups in total. The molecule has 2 saturated carbocycles. The highest BCUT2D eigenvalue weighted by atomic mass is 32.1. The van der Waals surface area contributed by atoms with Gasteiger partial charge in [0, 0.05) is 18.6 Å². The molecule has 5 heteroatoms. The number of carbonyl (C=O) groups excluding carboxylic acids is 1. The quantitative estimate of drug-likeness (QED) is 0.736. The van der Waals surface area contributed by atoms with E-state index in [0.29, 0.717) is 23.6 Å². The predicted octanol–water partition coefficient (Wildman–Crippen LogP) is 1.96. The van der Waals surface area contributed by atoms with Gasteiger partial charge in [0.15, 0.2) is 0 Å². The molecule has 0 aromatic rings. The summed E-state index contributed by atoms with van der Waals surface area (Å²) < 4.78 is 0. The van der Waals surface area contributed by atoms with Crippen molar-refractivity contribution in [3.05, 3.63) is 0 Å². The van der Waals surface area contributed by atoms with Crippen LogP contribution in [0.4, 0.5) is 0 Å². The minimum atomic E-state index is -0.139. The van der Waals surface area contributed by atoms with Crippen LogP contribution in [0.15, 0.2) is 0 Å². The number of rotatable bonds is 6. The SMILES string of the molecule is CC(C(=O)NC1CCCC1)N(CC(N)=S)C1CCCC1. The molecule has 0 saturated heterocycles. The van der Waals surface area contributed by atoms with Gasteiger partial charge in [-0.15, -0.1) is 0 Å². The topological polar surface area (TPSA) is 58.4 Å². The lowest BCUT2D eigenvalue weighted by atomic mass is 10.1. The van der Waals surface area contributed by atoms with E-state index in [2.05, 4.69) is 10.2 Å². The average Bonchev–Trinajstić information content (AvgIpc) is 3.07. The van der Waals surface area contributed by atoms with Crippen molar-refractivity contribution in [2.75, 3.05) is 6.54 Å². The van der Waals surface area contributed by atoms with Crippen LogP contribution in [0.25, 0.3) is 0 Å². The molecule has 1 atom stereocenters. The summed E-state index contributed by atoms with van der Waals surface area (Å²) in [6.45, 7) is 2.54. The summed E-state index contributed by atoms with van der Waals surface area (Å²) in [5.41, 5.74) is 5.72. The first-order chi connectivity index (χ1) is 9.58. The van der Waals surface area contributed by atoms with Crippen LogP contribution in [0, 0.1) is 0 Å². The summed E-state index contributed by atoms with van der Waals surface area (Å²) in [5, 5.41) is 3.19. The normalized spacial score (nSPS) is 22.3.